The number of carbonyl (C=O) groups excluding carboxylic acids is 2. The summed E-state index contributed by atoms with van der Waals surface area (Å²) in [5.41, 5.74) is 1.51. The topological polar surface area (TPSA) is 95.9 Å². The molecule has 1 saturated carbocycles. The van der Waals surface area contributed by atoms with E-state index < -0.39 is 15.3 Å². The Labute approximate surface area is 209 Å². The van der Waals surface area contributed by atoms with E-state index in [0.717, 1.165) is 49.4 Å². The molecule has 1 heterocycles. The van der Waals surface area contributed by atoms with Crippen LogP contribution in [0.1, 0.15) is 44.1 Å². The molecule has 34 heavy (non-hydrogen) atoms. The number of anilines is 1. The van der Waals surface area contributed by atoms with Gasteiger partial charge in [0.15, 0.2) is 5.17 Å². The molecule has 10 heteroatoms. The molecule has 2 amide bonds. The van der Waals surface area contributed by atoms with Crippen LogP contribution in [0.4, 0.5) is 5.69 Å². The molecular weight excluding hydrogens is 494 g/mol. The fourth-order valence-corrected chi connectivity index (χ4v) is 6.66. The average Bonchev–Trinajstić information content (AvgIpc) is 3.10. The van der Waals surface area contributed by atoms with Crippen molar-refractivity contribution in [2.24, 2.45) is 4.40 Å². The molecular formula is C24H26ClN3O4S2. The maximum atomic E-state index is 13.3. The maximum absolute atomic E-state index is 13.3. The Kier molecular flexibility index (Phi) is 7.64. The molecule has 1 N–H and O–H groups in total. The predicted molar refractivity (Wildman–Crippen MR) is 136 cm³/mol. The van der Waals surface area contributed by atoms with Crippen molar-refractivity contribution in [1.82, 2.24) is 4.90 Å². The third kappa shape index (κ3) is 5.82. The zero-order valence-corrected chi connectivity index (χ0v) is 21.1. The lowest BCUT2D eigenvalue weighted by Crippen LogP contribution is -2.42. The number of nitrogens with one attached hydrogen (secondary N) is 1. The Hall–Kier alpha value is -2.36. The maximum Gasteiger partial charge on any atom is 0.284 e. The number of halogens is 1. The summed E-state index contributed by atoms with van der Waals surface area (Å²) in [5.74, 6) is -0.597. The van der Waals surface area contributed by atoms with E-state index in [2.05, 4.69) is 9.71 Å². The van der Waals surface area contributed by atoms with Crippen LogP contribution in [0.3, 0.4) is 0 Å². The molecule has 2 aromatic rings. The number of carbonyl (C=O) groups is 2. The molecule has 7 nitrogen and oxygen atoms in total. The summed E-state index contributed by atoms with van der Waals surface area (Å²) in [6, 6.07) is 13.0. The molecule has 1 aliphatic carbocycles. The Balaban J connectivity index is 1.57. The van der Waals surface area contributed by atoms with Gasteiger partial charge in [-0.15, -0.1) is 4.40 Å². The van der Waals surface area contributed by atoms with Crippen molar-refractivity contribution in [3.8, 4) is 0 Å². The number of hydrogen-bond donors (Lipinski definition) is 1. The highest BCUT2D eigenvalue weighted by molar-refractivity contribution is 8.16. The summed E-state index contributed by atoms with van der Waals surface area (Å²) in [6.45, 7) is 1.87. The molecule has 1 saturated heterocycles. The molecule has 2 aliphatic rings. The number of sulfonamides is 1. The molecule has 2 fully saturated rings. The Morgan fingerprint density at radius 2 is 1.74 bits per heavy atom. The van der Waals surface area contributed by atoms with E-state index >= 15 is 0 Å². The van der Waals surface area contributed by atoms with Gasteiger partial charge in [-0.1, -0.05) is 60.3 Å². The summed E-state index contributed by atoms with van der Waals surface area (Å²) in [6.07, 6.45) is 4.53. The Morgan fingerprint density at radius 1 is 1.09 bits per heavy atom. The second-order valence-electron chi connectivity index (χ2n) is 8.53. The minimum Gasteiger partial charge on any atom is -0.326 e. The van der Waals surface area contributed by atoms with Crippen molar-refractivity contribution in [3.05, 3.63) is 59.1 Å². The van der Waals surface area contributed by atoms with Crippen molar-refractivity contribution in [2.75, 3.05) is 5.32 Å². The largest absolute Gasteiger partial charge is 0.326 e. The van der Waals surface area contributed by atoms with Crippen LogP contribution >= 0.6 is 23.4 Å². The molecule has 1 aliphatic heterocycles. The van der Waals surface area contributed by atoms with E-state index in [1.807, 2.05) is 6.92 Å². The lowest BCUT2D eigenvalue weighted by atomic mass is 9.94. The minimum atomic E-state index is -4.00. The second-order valence-corrected chi connectivity index (χ2v) is 11.7. The van der Waals surface area contributed by atoms with Gasteiger partial charge >= 0.3 is 0 Å². The zero-order valence-electron chi connectivity index (χ0n) is 18.7. The van der Waals surface area contributed by atoms with Crippen molar-refractivity contribution in [3.63, 3.8) is 0 Å². The number of benzene rings is 2. The van der Waals surface area contributed by atoms with Crippen LogP contribution in [-0.2, 0) is 19.6 Å². The zero-order chi connectivity index (χ0) is 24.3. The molecule has 0 spiro atoms. The molecule has 0 radical (unpaired) electrons. The van der Waals surface area contributed by atoms with Crippen LogP contribution in [0.2, 0.25) is 5.02 Å². The van der Waals surface area contributed by atoms with E-state index in [4.69, 9.17) is 11.6 Å². The number of amidine groups is 1. The molecule has 2 aromatic carbocycles. The normalized spacial score (nSPS) is 20.6. The second kappa shape index (κ2) is 10.5. The monoisotopic (exact) mass is 519 g/mol. The number of aryl methyl sites for hydroxylation is 1. The van der Waals surface area contributed by atoms with Crippen LogP contribution < -0.4 is 5.32 Å². The van der Waals surface area contributed by atoms with Gasteiger partial charge in [0.25, 0.3) is 10.0 Å². The third-order valence-electron chi connectivity index (χ3n) is 5.92. The van der Waals surface area contributed by atoms with Crippen LogP contribution in [0.15, 0.2) is 57.8 Å². The Morgan fingerprint density at radius 3 is 2.38 bits per heavy atom. The summed E-state index contributed by atoms with van der Waals surface area (Å²) >= 11 is 6.94. The first-order chi connectivity index (χ1) is 16.2. The van der Waals surface area contributed by atoms with Gasteiger partial charge in [-0.25, -0.2) is 0 Å². The van der Waals surface area contributed by atoms with Gasteiger partial charge in [-0.05, 0) is 56.2 Å². The van der Waals surface area contributed by atoms with Crippen molar-refractivity contribution in [2.45, 2.75) is 61.6 Å². The van der Waals surface area contributed by atoms with Gasteiger partial charge in [0.1, 0.15) is 5.25 Å². The number of amides is 2. The minimum absolute atomic E-state index is 0.0752. The lowest BCUT2D eigenvalue weighted by molar-refractivity contribution is -0.130. The third-order valence-corrected chi connectivity index (χ3v) is 8.72. The van der Waals surface area contributed by atoms with Gasteiger partial charge in [0, 0.05) is 23.2 Å². The van der Waals surface area contributed by atoms with E-state index in [9.17, 15) is 18.0 Å². The van der Waals surface area contributed by atoms with Gasteiger partial charge in [-0.3, -0.25) is 14.5 Å². The van der Waals surface area contributed by atoms with Crippen molar-refractivity contribution in [1.29, 1.82) is 0 Å². The first-order valence-electron chi connectivity index (χ1n) is 11.2. The van der Waals surface area contributed by atoms with Gasteiger partial charge in [0.05, 0.1) is 4.90 Å². The van der Waals surface area contributed by atoms with E-state index in [1.165, 1.54) is 17.0 Å². The van der Waals surface area contributed by atoms with E-state index in [0.29, 0.717) is 10.7 Å². The highest BCUT2D eigenvalue weighted by Gasteiger charge is 2.43. The summed E-state index contributed by atoms with van der Waals surface area (Å²) < 4.78 is 30.1. The number of hydrogen-bond acceptors (Lipinski definition) is 5. The van der Waals surface area contributed by atoms with Crippen LogP contribution in [0.25, 0.3) is 0 Å². The molecule has 0 aromatic heterocycles. The smallest absolute Gasteiger partial charge is 0.284 e. The first kappa shape index (κ1) is 24.8. The first-order valence-corrected chi connectivity index (χ1v) is 13.9. The van der Waals surface area contributed by atoms with Gasteiger partial charge in [-0.2, -0.15) is 8.42 Å². The quantitative estimate of drug-likeness (QED) is 0.579. The molecule has 0 bridgehead atoms. The summed E-state index contributed by atoms with van der Waals surface area (Å²) in [5, 5.41) is 2.74. The average molecular weight is 520 g/mol. The summed E-state index contributed by atoms with van der Waals surface area (Å²) in [4.78, 5) is 27.6. The molecule has 0 unspecified atom stereocenters. The lowest BCUT2D eigenvalue weighted by Gasteiger charge is -2.30. The van der Waals surface area contributed by atoms with E-state index in [-0.39, 0.29) is 34.3 Å². The van der Waals surface area contributed by atoms with Crippen LogP contribution in [-0.4, -0.2) is 41.6 Å². The number of rotatable bonds is 6. The highest BCUT2D eigenvalue weighted by atomic mass is 35.5. The predicted octanol–water partition coefficient (Wildman–Crippen LogP) is 5.00. The van der Waals surface area contributed by atoms with Crippen LogP contribution in [0.5, 0.6) is 0 Å². The highest BCUT2D eigenvalue weighted by Crippen LogP contribution is 2.36. The van der Waals surface area contributed by atoms with Crippen molar-refractivity contribution >= 4 is 56.1 Å². The molecule has 1 atom stereocenters. The Bertz CT molecular complexity index is 1190. The molecule has 4 rings (SSSR count). The van der Waals surface area contributed by atoms with Crippen LogP contribution in [0, 0.1) is 6.92 Å². The van der Waals surface area contributed by atoms with Crippen molar-refractivity contribution < 1.29 is 18.0 Å². The van der Waals surface area contributed by atoms with E-state index in [1.54, 1.807) is 36.4 Å². The van der Waals surface area contributed by atoms with Gasteiger partial charge in [0.2, 0.25) is 11.8 Å². The standard InChI is InChI=1S/C24H26ClN3O4S2/c1-16-7-13-20(14-8-16)34(31,32)27-24-28(19-5-3-2-4-6-19)23(30)21(33-24)15-22(29)26-18-11-9-17(25)10-12-18/h7-14,19,21H,2-6,15H2,1H3,(H,26,29)/t21-/m1/s1. The number of thioether (sulfide) groups is 1. The fourth-order valence-electron chi connectivity index (χ4n) is 4.13. The fraction of sp³-hybridized carbons (Fsp3) is 0.375. The van der Waals surface area contributed by atoms with Gasteiger partial charge < -0.3 is 5.32 Å². The number of nitrogens with zero attached hydrogens (tertiary/aromatic N) is 2. The summed E-state index contributed by atoms with van der Waals surface area (Å²) in [7, 11) is -4.00. The SMILES string of the molecule is Cc1ccc(S(=O)(=O)N=C2S[C@H](CC(=O)Nc3ccc(Cl)cc3)C(=O)N2C2CCCCC2)cc1. The molecule has 180 valence electrons.